The molecule has 0 spiro atoms. The van der Waals surface area contributed by atoms with E-state index in [0.29, 0.717) is 0 Å². The van der Waals surface area contributed by atoms with Crippen molar-refractivity contribution >= 4 is 170 Å². The number of hydrogen-bond donors (Lipinski definition) is 0. The number of nitrogens with zero attached hydrogens (tertiary/aromatic N) is 2. The molecule has 0 aliphatic heterocycles. The minimum absolute atomic E-state index is 0.247. The lowest BCUT2D eigenvalue weighted by atomic mass is 10.0. The van der Waals surface area contributed by atoms with Gasteiger partial charge in [0.15, 0.2) is 0 Å². The number of anilines is 6. The summed E-state index contributed by atoms with van der Waals surface area (Å²) in [5.74, 6) is 0. The first-order valence-corrected chi connectivity index (χ1v) is 21.3. The van der Waals surface area contributed by atoms with Gasteiger partial charge in [0.1, 0.15) is 1.43 Å². The first kappa shape index (κ1) is 34.7. The summed E-state index contributed by atoms with van der Waals surface area (Å²) in [5.41, 5.74) is 14.7. The van der Waals surface area contributed by atoms with Crippen LogP contribution in [0, 0.1) is 28.1 Å². The van der Waals surface area contributed by atoms with Crippen LogP contribution in [0.25, 0.3) is 11.1 Å². The Morgan fingerprint density at radius 1 is 0.383 bits per heavy atom. The molecule has 1 aliphatic rings. The van der Waals surface area contributed by atoms with Gasteiger partial charge in [0, 0.05) is 48.4 Å². The molecule has 0 atom stereocenters. The molecule has 1 aliphatic carbocycles. The molecule has 0 bridgehead atoms. The van der Waals surface area contributed by atoms with Gasteiger partial charge in [-0.3, -0.25) is 0 Å². The average molecular weight is 1280 g/mol. The Labute approximate surface area is 358 Å². The quantitative estimate of drug-likeness (QED) is 0.121. The van der Waals surface area contributed by atoms with Gasteiger partial charge in [0.25, 0.3) is 0 Å². The maximum Gasteiger partial charge on any atom is 0.124 e. The third-order valence-electron chi connectivity index (χ3n) is 8.28. The highest BCUT2D eigenvalue weighted by atomic mass is 127. The summed E-state index contributed by atoms with van der Waals surface area (Å²) in [5, 5.41) is 0. The molecular weight excluding hydrogens is 1260 g/mol. The van der Waals surface area contributed by atoms with E-state index in [9.17, 15) is 0 Å². The van der Waals surface area contributed by atoms with Crippen LogP contribution in [0.5, 0.6) is 0 Å². The van der Waals surface area contributed by atoms with Crippen LogP contribution in [0.1, 0.15) is 22.3 Å². The first-order valence-electron chi connectivity index (χ1n) is 14.8. The van der Waals surface area contributed by atoms with Gasteiger partial charge in [-0.15, -0.1) is 0 Å². The van der Waals surface area contributed by atoms with Gasteiger partial charge >= 0.3 is 0 Å². The summed E-state index contributed by atoms with van der Waals surface area (Å²) in [4.78, 5) is 4.78. The standard InChI is InChI=1S/C39H26I6N2/c1-23-3-7-29(8-4-23)46(33-17-25(40)15-26(41)18-33)31-11-13-35-36-14-12-32(22-38(36)39(44,45)37(35)21-31)47(30-9-5-24(2)6-10-30)34-19-27(42)16-28(43)20-34/h3-22H,1-2H3. The number of halogens is 6. The van der Waals surface area contributed by atoms with E-state index in [-0.39, 0.29) is 1.43 Å². The van der Waals surface area contributed by atoms with Crippen LogP contribution < -0.4 is 9.80 Å². The van der Waals surface area contributed by atoms with Gasteiger partial charge in [-0.25, -0.2) is 0 Å². The van der Waals surface area contributed by atoms with Crippen molar-refractivity contribution in [2.45, 2.75) is 15.3 Å². The van der Waals surface area contributed by atoms with Crippen LogP contribution in [0.3, 0.4) is 0 Å². The third-order valence-corrected chi connectivity index (χ3v) is 13.1. The second kappa shape index (κ2) is 14.1. The smallest absolute Gasteiger partial charge is 0.124 e. The van der Waals surface area contributed by atoms with Crippen LogP contribution in [0.15, 0.2) is 121 Å². The fourth-order valence-corrected chi connectivity index (χ4v) is 11.7. The zero-order valence-corrected chi connectivity index (χ0v) is 38.2. The summed E-state index contributed by atoms with van der Waals surface area (Å²) in [6.07, 6.45) is 0. The molecule has 0 radical (unpaired) electrons. The molecule has 0 saturated heterocycles. The van der Waals surface area contributed by atoms with Crippen molar-refractivity contribution in [2.75, 3.05) is 9.80 Å². The van der Waals surface area contributed by atoms with E-state index < -0.39 is 0 Å². The van der Waals surface area contributed by atoms with Crippen molar-refractivity contribution in [1.29, 1.82) is 0 Å². The Morgan fingerprint density at radius 2 is 0.702 bits per heavy atom. The van der Waals surface area contributed by atoms with E-state index in [4.69, 9.17) is 0 Å². The molecule has 8 heteroatoms. The fraction of sp³-hybridized carbons (Fsp3) is 0.0769. The van der Waals surface area contributed by atoms with Gasteiger partial charge in [-0.05, 0) is 211 Å². The number of alkyl halides is 2. The average Bonchev–Trinajstić information content (AvgIpc) is 3.24. The summed E-state index contributed by atoms with van der Waals surface area (Å²) >= 11 is 15.0. The van der Waals surface area contributed by atoms with Gasteiger partial charge in [0.05, 0.1) is 0 Å². The third kappa shape index (κ3) is 7.11. The highest BCUT2D eigenvalue weighted by Crippen LogP contribution is 2.59. The van der Waals surface area contributed by atoms with Crippen molar-refractivity contribution in [1.82, 2.24) is 0 Å². The van der Waals surface area contributed by atoms with Crippen molar-refractivity contribution in [2.24, 2.45) is 0 Å². The van der Waals surface area contributed by atoms with Crippen molar-refractivity contribution < 1.29 is 0 Å². The van der Waals surface area contributed by atoms with E-state index >= 15 is 0 Å². The molecule has 234 valence electrons. The van der Waals surface area contributed by atoms with E-state index in [0.717, 1.165) is 34.1 Å². The largest absolute Gasteiger partial charge is 0.310 e. The molecule has 2 nitrogen and oxygen atoms in total. The van der Waals surface area contributed by atoms with Crippen molar-refractivity contribution in [3.63, 3.8) is 0 Å². The molecule has 0 saturated carbocycles. The van der Waals surface area contributed by atoms with Crippen LogP contribution >= 0.6 is 136 Å². The molecule has 0 heterocycles. The predicted molar refractivity (Wildman–Crippen MR) is 250 cm³/mol. The molecular formula is C39H26I6N2. The summed E-state index contributed by atoms with van der Waals surface area (Å²) in [6, 6.07) is 45.2. The molecule has 47 heavy (non-hydrogen) atoms. The van der Waals surface area contributed by atoms with Crippen LogP contribution in [0.4, 0.5) is 34.1 Å². The zero-order chi connectivity index (χ0) is 33.0. The van der Waals surface area contributed by atoms with Crippen molar-refractivity contribution in [3.8, 4) is 11.1 Å². The highest BCUT2D eigenvalue weighted by Gasteiger charge is 2.40. The van der Waals surface area contributed by atoms with E-state index in [1.54, 1.807) is 0 Å². The number of benzene rings is 6. The highest BCUT2D eigenvalue weighted by molar-refractivity contribution is 14.2. The van der Waals surface area contributed by atoms with Crippen LogP contribution in [-0.4, -0.2) is 0 Å². The molecule has 0 N–H and O–H groups in total. The summed E-state index contributed by atoms with van der Waals surface area (Å²) < 4.78 is 4.64. The van der Waals surface area contributed by atoms with E-state index in [1.807, 2.05) is 0 Å². The van der Waals surface area contributed by atoms with E-state index in [1.165, 1.54) is 47.7 Å². The Kier molecular flexibility index (Phi) is 10.4. The number of aryl methyl sites for hydroxylation is 2. The predicted octanol–water partition coefficient (Wildman–Crippen LogP) is 14.7. The lowest BCUT2D eigenvalue weighted by molar-refractivity contribution is 1.19. The molecule has 6 aromatic rings. The number of fused-ring (bicyclic) bond motifs is 3. The number of hydrogen-bond acceptors (Lipinski definition) is 2. The first-order chi connectivity index (χ1) is 22.5. The van der Waals surface area contributed by atoms with Gasteiger partial charge < -0.3 is 9.80 Å². The van der Waals surface area contributed by atoms with Crippen molar-refractivity contribution in [3.05, 3.63) is 158 Å². The normalized spacial score (nSPS) is 12.9. The van der Waals surface area contributed by atoms with Gasteiger partial charge in [0.2, 0.25) is 0 Å². The molecule has 0 aromatic heterocycles. The Balaban J connectivity index is 1.35. The summed E-state index contributed by atoms with van der Waals surface area (Å²) in [6.45, 7) is 4.28. The fourth-order valence-electron chi connectivity index (χ4n) is 6.10. The molecule has 6 aromatic carbocycles. The lowest BCUT2D eigenvalue weighted by Gasteiger charge is -2.28. The minimum Gasteiger partial charge on any atom is -0.310 e. The molecule has 0 unspecified atom stereocenters. The SMILES string of the molecule is Cc1ccc(N(c2cc(I)cc(I)c2)c2ccc3c(c2)C(I)(I)c2cc(N(c4ccc(C)cc4)c4cc(I)cc(I)c4)ccc2-3)cc1. The summed E-state index contributed by atoms with van der Waals surface area (Å²) in [7, 11) is 0. The number of rotatable bonds is 6. The Hall–Kier alpha value is -0.700. The topological polar surface area (TPSA) is 6.48 Å². The lowest BCUT2D eigenvalue weighted by Crippen LogP contribution is -2.13. The monoisotopic (exact) mass is 1280 g/mol. The maximum atomic E-state index is 2.66. The van der Waals surface area contributed by atoms with Crippen LogP contribution in [-0.2, 0) is 1.43 Å². The maximum absolute atomic E-state index is 2.66. The molecule has 7 rings (SSSR count). The second-order valence-electron chi connectivity index (χ2n) is 11.6. The minimum atomic E-state index is -0.247. The Bertz CT molecular complexity index is 1950. The molecule has 0 fully saturated rings. The Morgan fingerprint density at radius 3 is 1.04 bits per heavy atom. The second-order valence-corrected chi connectivity index (χ2v) is 21.9. The van der Waals surface area contributed by atoms with Crippen LogP contribution in [0.2, 0.25) is 0 Å². The van der Waals surface area contributed by atoms with Gasteiger partial charge in [-0.2, -0.15) is 0 Å². The molecule has 0 amide bonds. The zero-order valence-electron chi connectivity index (χ0n) is 25.2. The van der Waals surface area contributed by atoms with Gasteiger partial charge in [-0.1, -0.05) is 92.7 Å². The van der Waals surface area contributed by atoms with E-state index in [2.05, 4.69) is 281 Å².